The number of carboxylic acids is 2. The molecule has 0 fully saturated rings. The molecular weight excluding hydrogens is 850 g/mol. The van der Waals surface area contributed by atoms with Crippen LogP contribution >= 0.6 is 7.81 Å². The molecule has 0 radical (unpaired) electrons. The Morgan fingerprint density at radius 1 is 0.736 bits per heavy atom. The van der Waals surface area contributed by atoms with E-state index >= 15 is 0 Å². The number of aromatic nitrogens is 2. The summed E-state index contributed by atoms with van der Waals surface area (Å²) in [7, 11) is -7.44. The van der Waals surface area contributed by atoms with Gasteiger partial charge in [-0.3, -0.25) is 29.9 Å². The van der Waals surface area contributed by atoms with Crippen molar-refractivity contribution in [2.24, 2.45) is 0 Å². The second kappa shape index (κ2) is 25.0. The minimum atomic E-state index is -10.7. The van der Waals surface area contributed by atoms with Gasteiger partial charge in [0.2, 0.25) is 0 Å². The van der Waals surface area contributed by atoms with Crippen molar-refractivity contribution < 1.29 is 103 Å². The minimum Gasteiger partial charge on any atom is 2.00 e. The smallest absolute Gasteiger partial charge is 2.00 e. The predicted octanol–water partition coefficient (Wildman–Crippen LogP) is 3.65. The molecule has 0 spiro atoms. The van der Waals surface area contributed by atoms with E-state index in [0.29, 0.717) is 50.5 Å². The fourth-order valence-electron chi connectivity index (χ4n) is 3.87. The van der Waals surface area contributed by atoms with Crippen LogP contribution in [0.15, 0.2) is 60.9 Å². The summed E-state index contributed by atoms with van der Waals surface area (Å²) in [6.07, 6.45) is 3.43. The molecule has 288 valence electrons. The number of carboxylic acid groups (broad SMARTS) is 2. The molecule has 0 aliphatic heterocycles. The van der Waals surface area contributed by atoms with Gasteiger partial charge in [-0.05, 0) is 49.2 Å². The number of pyridine rings is 2. The van der Waals surface area contributed by atoms with Gasteiger partial charge >= 0.3 is 71.9 Å². The SMILES string of the molecule is CC(=O)[O-].CC(=O)[O-].COCCN(Cc1ccccn1)Cc1cc([N+](=O)[O-])cc(CN(CCOC)Cc2ccccn2)c1[O-].F[P-](F)(F)(F)(F)F.[Zn+2].[Zn+2]. The summed E-state index contributed by atoms with van der Waals surface area (Å²) >= 11 is 0. The van der Waals surface area contributed by atoms with Gasteiger partial charge in [-0.2, -0.15) is 0 Å². The Hall–Kier alpha value is -3.24. The predicted molar refractivity (Wildman–Crippen MR) is 168 cm³/mol. The molecule has 0 aliphatic rings. The molecule has 0 saturated heterocycles. The largest absolute Gasteiger partial charge is 2.00 e. The summed E-state index contributed by atoms with van der Waals surface area (Å²) in [6, 6.07) is 14.0. The van der Waals surface area contributed by atoms with E-state index in [4.69, 9.17) is 29.3 Å². The number of nitro benzene ring substituents is 1. The number of nitro groups is 1. The standard InChI is InChI=1S/C26H33N5O5.2C2H4O2.F6P.2Zn/c1-35-13-11-29(19-23-7-3-5-9-27-23)17-21-15-25(31(33)34)16-22(26(21)32)18-30(12-14-36-2)20-24-8-4-6-10-28-24;2*1-2(3)4;1-7(2,3,4,5)6;;/h3-10,15-16,32H,11-14,17-20H2,1-2H3;2*1H3,(H,3,4);;;/q;;;-1;2*+2/p-3. The summed E-state index contributed by atoms with van der Waals surface area (Å²) in [5, 5.41) is 43.0. The summed E-state index contributed by atoms with van der Waals surface area (Å²) in [4.78, 5) is 41.8. The number of non-ortho nitro benzene ring substituents is 1. The Morgan fingerprint density at radius 3 is 1.30 bits per heavy atom. The maximum atomic E-state index is 13.5. The number of hydrogen-bond acceptors (Lipinski definition) is 13. The third kappa shape index (κ3) is 33.1. The fourth-order valence-corrected chi connectivity index (χ4v) is 3.87. The third-order valence-corrected chi connectivity index (χ3v) is 5.67. The Bertz CT molecular complexity index is 1420. The van der Waals surface area contributed by atoms with Gasteiger partial charge < -0.3 is 34.4 Å². The molecule has 0 unspecified atom stereocenters. The van der Waals surface area contributed by atoms with E-state index in [2.05, 4.69) is 9.97 Å². The molecular formula is C30H38F6N5O9PZn2. The first kappa shape index (κ1) is 54.1. The van der Waals surface area contributed by atoms with Crippen LogP contribution in [0.5, 0.6) is 5.75 Å². The molecule has 23 heteroatoms. The topological polar surface area (TPSA) is 197 Å². The van der Waals surface area contributed by atoms with Crippen LogP contribution < -0.4 is 15.3 Å². The molecule has 14 nitrogen and oxygen atoms in total. The van der Waals surface area contributed by atoms with Crippen molar-refractivity contribution in [1.82, 2.24) is 19.8 Å². The zero-order valence-electron chi connectivity index (χ0n) is 29.5. The number of ether oxygens (including phenoxy) is 2. The Morgan fingerprint density at radius 2 is 1.06 bits per heavy atom. The van der Waals surface area contributed by atoms with Crippen LogP contribution in [0.4, 0.5) is 30.9 Å². The van der Waals surface area contributed by atoms with Crippen LogP contribution in [-0.2, 0) is 84.2 Å². The quantitative estimate of drug-likeness (QED) is 0.0706. The molecule has 3 rings (SSSR count). The van der Waals surface area contributed by atoms with Crippen LogP contribution in [0.1, 0.15) is 36.4 Å². The Labute approximate surface area is 327 Å². The minimum absolute atomic E-state index is 0. The van der Waals surface area contributed by atoms with Gasteiger partial charge in [0.15, 0.2) is 0 Å². The van der Waals surface area contributed by atoms with E-state index in [1.807, 2.05) is 46.2 Å². The molecule has 0 bridgehead atoms. The van der Waals surface area contributed by atoms with Gasteiger partial charge in [-0.25, -0.2) is 0 Å². The first-order chi connectivity index (χ1) is 23.4. The van der Waals surface area contributed by atoms with Gasteiger partial charge in [-0.15, -0.1) is 0 Å². The van der Waals surface area contributed by atoms with E-state index in [-0.39, 0.29) is 63.5 Å². The summed E-state index contributed by atoms with van der Waals surface area (Å²) in [5.41, 5.74) is 2.32. The molecule has 0 amide bonds. The van der Waals surface area contributed by atoms with Crippen molar-refractivity contribution in [3.05, 3.63) is 93.6 Å². The molecule has 0 saturated carbocycles. The van der Waals surface area contributed by atoms with E-state index in [1.54, 1.807) is 26.6 Å². The molecule has 0 aliphatic carbocycles. The zero-order valence-corrected chi connectivity index (χ0v) is 36.3. The number of methoxy groups -OCH3 is 2. The maximum Gasteiger partial charge on any atom is 2.00 e. The number of carbonyl (C=O) groups excluding carboxylic acids is 2. The first-order valence-corrected chi connectivity index (χ1v) is 16.6. The van der Waals surface area contributed by atoms with Gasteiger partial charge in [0.25, 0.3) is 5.69 Å². The first-order valence-electron chi connectivity index (χ1n) is 14.5. The second-order valence-corrected chi connectivity index (χ2v) is 12.3. The van der Waals surface area contributed by atoms with Crippen LogP contribution in [-0.4, -0.2) is 77.2 Å². The van der Waals surface area contributed by atoms with Crippen LogP contribution in [0, 0.1) is 10.1 Å². The second-order valence-electron chi connectivity index (χ2n) is 10.3. The number of rotatable bonds is 15. The number of hydrogen-bond donors (Lipinski definition) is 0. The molecule has 2 heterocycles. The fraction of sp³-hybridized carbons (Fsp3) is 0.400. The zero-order chi connectivity index (χ0) is 39.3. The number of benzene rings is 1. The Balaban J connectivity index is -0.00000124. The van der Waals surface area contributed by atoms with Crippen molar-refractivity contribution in [2.45, 2.75) is 40.0 Å². The van der Waals surface area contributed by atoms with Crippen molar-refractivity contribution in [3.8, 4) is 5.75 Å². The number of aliphatic carboxylic acids is 2. The molecule has 53 heavy (non-hydrogen) atoms. The molecule has 1 aromatic carbocycles. The molecule has 0 N–H and O–H groups in total. The number of halogens is 6. The van der Waals surface area contributed by atoms with E-state index in [9.17, 15) is 40.4 Å². The van der Waals surface area contributed by atoms with Crippen molar-refractivity contribution in [2.75, 3.05) is 40.5 Å². The van der Waals surface area contributed by atoms with Crippen molar-refractivity contribution >= 4 is 25.4 Å². The van der Waals surface area contributed by atoms with Gasteiger partial charge in [0.05, 0.1) is 29.5 Å². The molecule has 2 aromatic heterocycles. The van der Waals surface area contributed by atoms with Crippen LogP contribution in [0.3, 0.4) is 0 Å². The van der Waals surface area contributed by atoms with Crippen LogP contribution in [0.25, 0.3) is 0 Å². The van der Waals surface area contributed by atoms with Gasteiger partial charge in [0.1, 0.15) is 0 Å². The van der Waals surface area contributed by atoms with Gasteiger partial charge in [-0.1, -0.05) is 17.9 Å². The number of carbonyl (C=O) groups is 2. The monoisotopic (exact) mass is 885 g/mol. The van der Waals surface area contributed by atoms with E-state index in [0.717, 1.165) is 25.2 Å². The van der Waals surface area contributed by atoms with Crippen molar-refractivity contribution in [1.29, 1.82) is 0 Å². The Kier molecular flexibility index (Phi) is 25.5. The van der Waals surface area contributed by atoms with E-state index in [1.165, 1.54) is 12.1 Å². The maximum absolute atomic E-state index is 13.5. The van der Waals surface area contributed by atoms with E-state index < -0.39 is 24.7 Å². The third-order valence-electron chi connectivity index (χ3n) is 5.67. The normalized spacial score (nSPS) is 11.7. The molecule has 0 atom stereocenters. The molecule has 3 aromatic rings. The summed E-state index contributed by atoms with van der Waals surface area (Å²) < 4.78 is 69.7. The van der Waals surface area contributed by atoms with Crippen LogP contribution in [0.2, 0.25) is 0 Å². The average molecular weight is 888 g/mol. The van der Waals surface area contributed by atoms with Gasteiger partial charge in [0, 0.05) is 90.0 Å². The summed E-state index contributed by atoms with van der Waals surface area (Å²) in [6.45, 7) is 5.41. The summed E-state index contributed by atoms with van der Waals surface area (Å²) in [5.74, 6) is -2.37. The number of nitrogens with zero attached hydrogens (tertiary/aromatic N) is 5. The average Bonchev–Trinajstić information content (AvgIpc) is 2.99. The van der Waals surface area contributed by atoms with Crippen molar-refractivity contribution in [3.63, 3.8) is 0 Å².